The first-order valence-electron chi connectivity index (χ1n) is 10.5. The number of methoxy groups -OCH3 is 1. The number of likely N-dealkylation sites (N-methyl/N-ethyl adjacent to an activating group) is 1. The Labute approximate surface area is 187 Å². The van der Waals surface area contributed by atoms with E-state index in [2.05, 4.69) is 15.2 Å². The van der Waals surface area contributed by atoms with Crippen LogP contribution in [-0.2, 0) is 17.9 Å². The first-order valence-corrected chi connectivity index (χ1v) is 10.5. The molecule has 0 bridgehead atoms. The number of hydrogen-bond donors (Lipinski definition) is 2. The van der Waals surface area contributed by atoms with Crippen LogP contribution < -0.4 is 20.1 Å². The maximum absolute atomic E-state index is 12.8. The molecule has 170 valence electrons. The molecule has 0 saturated heterocycles. The highest BCUT2D eigenvalue weighted by Gasteiger charge is 2.17. The predicted octanol–water partition coefficient (Wildman–Crippen LogP) is 3.20. The maximum atomic E-state index is 12.8. The molecule has 0 unspecified atom stereocenters. The van der Waals surface area contributed by atoms with Gasteiger partial charge < -0.3 is 29.1 Å². The van der Waals surface area contributed by atoms with Gasteiger partial charge in [0, 0.05) is 24.5 Å². The van der Waals surface area contributed by atoms with Crippen LogP contribution in [0, 0.1) is 13.8 Å². The average molecular weight is 440 g/mol. The molecule has 0 aliphatic heterocycles. The quantitative estimate of drug-likeness (QED) is 0.506. The van der Waals surface area contributed by atoms with Gasteiger partial charge in [-0.25, -0.2) is 0 Å². The lowest BCUT2D eigenvalue weighted by Crippen LogP contribution is -2.28. The summed E-state index contributed by atoms with van der Waals surface area (Å²) in [6.45, 7) is 7.10. The summed E-state index contributed by atoms with van der Waals surface area (Å²) in [6.07, 6.45) is 1.64. The second-order valence-corrected chi connectivity index (χ2v) is 7.36. The van der Waals surface area contributed by atoms with E-state index in [1.807, 2.05) is 45.0 Å². The number of ether oxygens (including phenoxy) is 2. The van der Waals surface area contributed by atoms with E-state index in [9.17, 15) is 9.59 Å². The molecular weight excluding hydrogens is 410 g/mol. The van der Waals surface area contributed by atoms with Gasteiger partial charge in [0.15, 0.2) is 18.1 Å². The van der Waals surface area contributed by atoms with Crippen LogP contribution in [0.1, 0.15) is 40.0 Å². The minimum atomic E-state index is -0.199. The molecule has 3 rings (SSSR count). The van der Waals surface area contributed by atoms with Crippen LogP contribution in [0.2, 0.25) is 0 Å². The lowest BCUT2D eigenvalue weighted by Gasteiger charge is -2.13. The van der Waals surface area contributed by atoms with Crippen molar-refractivity contribution in [2.24, 2.45) is 0 Å². The molecule has 0 fully saturated rings. The molecule has 2 amide bonds. The molecule has 0 aliphatic rings. The SMILES string of the molecule is CCNC(=O)COc1ccc(CNC(=O)c2cc(C)n(Cc3ccco3)c2C)cc1OC. The number of benzene rings is 1. The fourth-order valence-electron chi connectivity index (χ4n) is 3.44. The molecule has 32 heavy (non-hydrogen) atoms. The third kappa shape index (κ3) is 5.51. The van der Waals surface area contributed by atoms with Gasteiger partial charge in [-0.1, -0.05) is 6.07 Å². The van der Waals surface area contributed by atoms with E-state index in [0.717, 1.165) is 22.7 Å². The van der Waals surface area contributed by atoms with Crippen molar-refractivity contribution < 1.29 is 23.5 Å². The summed E-state index contributed by atoms with van der Waals surface area (Å²) in [6, 6.07) is 11.0. The standard InChI is InChI=1S/C24H29N3O5/c1-5-25-23(28)15-32-21-9-8-18(12-22(21)30-4)13-26-24(29)20-11-16(2)27(17(20)3)14-19-7-6-10-31-19/h6-12H,5,13-15H2,1-4H3,(H,25,28)(H,26,29). The van der Waals surface area contributed by atoms with Gasteiger partial charge in [0.1, 0.15) is 5.76 Å². The number of aromatic nitrogens is 1. The summed E-state index contributed by atoms with van der Waals surface area (Å²) in [4.78, 5) is 24.4. The highest BCUT2D eigenvalue weighted by molar-refractivity contribution is 5.95. The van der Waals surface area contributed by atoms with Crippen molar-refractivity contribution in [3.05, 3.63) is 70.9 Å². The van der Waals surface area contributed by atoms with E-state index in [-0.39, 0.29) is 18.4 Å². The zero-order valence-corrected chi connectivity index (χ0v) is 18.9. The van der Waals surface area contributed by atoms with E-state index in [4.69, 9.17) is 13.9 Å². The number of rotatable bonds is 10. The molecule has 1 aromatic carbocycles. The van der Waals surface area contributed by atoms with E-state index < -0.39 is 0 Å². The summed E-state index contributed by atoms with van der Waals surface area (Å²) in [5, 5.41) is 5.63. The number of nitrogens with one attached hydrogen (secondary N) is 2. The summed E-state index contributed by atoms with van der Waals surface area (Å²) in [5.74, 6) is 1.45. The Morgan fingerprint density at radius 2 is 1.91 bits per heavy atom. The minimum absolute atomic E-state index is 0.0894. The topological polar surface area (TPSA) is 94.7 Å². The summed E-state index contributed by atoms with van der Waals surface area (Å²) < 4.78 is 18.4. The van der Waals surface area contributed by atoms with Gasteiger partial charge in [-0.3, -0.25) is 9.59 Å². The highest BCUT2D eigenvalue weighted by atomic mass is 16.5. The third-order valence-electron chi connectivity index (χ3n) is 5.13. The third-order valence-corrected chi connectivity index (χ3v) is 5.13. The van der Waals surface area contributed by atoms with E-state index in [1.165, 1.54) is 7.11 Å². The van der Waals surface area contributed by atoms with E-state index in [1.54, 1.807) is 18.4 Å². The van der Waals surface area contributed by atoms with Crippen LogP contribution >= 0.6 is 0 Å². The average Bonchev–Trinajstić information content (AvgIpc) is 3.40. The van der Waals surface area contributed by atoms with Crippen LogP contribution in [0.3, 0.4) is 0 Å². The first kappa shape index (κ1) is 23.0. The van der Waals surface area contributed by atoms with Crippen molar-refractivity contribution in [3.63, 3.8) is 0 Å². The molecule has 0 radical (unpaired) electrons. The van der Waals surface area contributed by atoms with Crippen LogP contribution in [0.5, 0.6) is 11.5 Å². The predicted molar refractivity (Wildman–Crippen MR) is 120 cm³/mol. The number of aryl methyl sites for hydroxylation is 1. The molecule has 0 saturated carbocycles. The Bertz CT molecular complexity index is 1070. The molecule has 2 aromatic heterocycles. The molecule has 8 heteroatoms. The van der Waals surface area contributed by atoms with Crippen LogP contribution in [0.25, 0.3) is 0 Å². The Morgan fingerprint density at radius 1 is 1.09 bits per heavy atom. The van der Waals surface area contributed by atoms with Crippen molar-refractivity contribution in [3.8, 4) is 11.5 Å². The molecule has 3 aromatic rings. The van der Waals surface area contributed by atoms with Crippen molar-refractivity contribution in [2.75, 3.05) is 20.3 Å². The van der Waals surface area contributed by atoms with Crippen LogP contribution in [-0.4, -0.2) is 36.6 Å². The lowest BCUT2D eigenvalue weighted by atomic mass is 10.2. The number of furan rings is 1. The lowest BCUT2D eigenvalue weighted by molar-refractivity contribution is -0.123. The van der Waals surface area contributed by atoms with Gasteiger partial charge in [0.25, 0.3) is 11.8 Å². The largest absolute Gasteiger partial charge is 0.493 e. The number of hydrogen-bond acceptors (Lipinski definition) is 5. The molecule has 0 spiro atoms. The van der Waals surface area contributed by atoms with Gasteiger partial charge in [-0.15, -0.1) is 0 Å². The molecule has 8 nitrogen and oxygen atoms in total. The second kappa shape index (κ2) is 10.6. The second-order valence-electron chi connectivity index (χ2n) is 7.36. The number of nitrogens with zero attached hydrogens (tertiary/aromatic N) is 1. The zero-order chi connectivity index (χ0) is 23.1. The number of amides is 2. The zero-order valence-electron chi connectivity index (χ0n) is 18.9. The molecule has 2 N–H and O–H groups in total. The van der Waals surface area contributed by atoms with Crippen molar-refractivity contribution in [1.82, 2.24) is 15.2 Å². The normalized spacial score (nSPS) is 10.6. The number of carbonyl (C=O) groups is 2. The molecular formula is C24H29N3O5. The van der Waals surface area contributed by atoms with Crippen molar-refractivity contribution in [1.29, 1.82) is 0 Å². The van der Waals surface area contributed by atoms with Gasteiger partial charge in [0.2, 0.25) is 0 Å². The summed E-state index contributed by atoms with van der Waals surface area (Å²) in [5.41, 5.74) is 3.34. The van der Waals surface area contributed by atoms with Crippen molar-refractivity contribution in [2.45, 2.75) is 33.9 Å². The fourth-order valence-corrected chi connectivity index (χ4v) is 3.44. The van der Waals surface area contributed by atoms with E-state index >= 15 is 0 Å². The molecule has 0 aliphatic carbocycles. The van der Waals surface area contributed by atoms with Crippen molar-refractivity contribution >= 4 is 11.8 Å². The van der Waals surface area contributed by atoms with Crippen LogP contribution in [0.15, 0.2) is 47.1 Å². The van der Waals surface area contributed by atoms with E-state index in [0.29, 0.717) is 36.7 Å². The van der Waals surface area contributed by atoms with Gasteiger partial charge in [-0.2, -0.15) is 0 Å². The van der Waals surface area contributed by atoms with Gasteiger partial charge >= 0.3 is 0 Å². The Balaban J connectivity index is 1.64. The first-order chi connectivity index (χ1) is 15.4. The molecule has 2 heterocycles. The highest BCUT2D eigenvalue weighted by Crippen LogP contribution is 2.28. The Hall–Kier alpha value is -3.68. The summed E-state index contributed by atoms with van der Waals surface area (Å²) in [7, 11) is 1.53. The Morgan fingerprint density at radius 3 is 2.59 bits per heavy atom. The van der Waals surface area contributed by atoms with Gasteiger partial charge in [-0.05, 0) is 56.7 Å². The molecule has 0 atom stereocenters. The summed E-state index contributed by atoms with van der Waals surface area (Å²) >= 11 is 0. The minimum Gasteiger partial charge on any atom is -0.493 e. The fraction of sp³-hybridized carbons (Fsp3) is 0.333. The number of carbonyl (C=O) groups excluding carboxylic acids is 2. The van der Waals surface area contributed by atoms with Crippen LogP contribution in [0.4, 0.5) is 0 Å². The maximum Gasteiger partial charge on any atom is 0.257 e. The van der Waals surface area contributed by atoms with Gasteiger partial charge in [0.05, 0.1) is 25.5 Å². The monoisotopic (exact) mass is 439 g/mol. The Kier molecular flexibility index (Phi) is 7.59. The smallest absolute Gasteiger partial charge is 0.257 e.